The van der Waals surface area contributed by atoms with Crippen molar-refractivity contribution in [1.29, 1.82) is 0 Å². The van der Waals surface area contributed by atoms with Crippen LogP contribution in [0.5, 0.6) is 0 Å². The standard InChI is InChI=1S/C15H19ClN2/c1-11(9-16)12(2)18-10-14-6-3-5-13-7-4-8-17-15(13)14/h3-8,11-12,18H,9-10H2,1-2H3. The van der Waals surface area contributed by atoms with Gasteiger partial charge in [0.2, 0.25) is 0 Å². The molecule has 0 spiro atoms. The third-order valence-corrected chi connectivity index (χ3v) is 3.91. The second-order valence-electron chi connectivity index (χ2n) is 4.79. The number of rotatable bonds is 5. The Kier molecular flexibility index (Phi) is 4.56. The lowest BCUT2D eigenvalue weighted by atomic mass is 10.1. The van der Waals surface area contributed by atoms with Gasteiger partial charge >= 0.3 is 0 Å². The van der Waals surface area contributed by atoms with E-state index < -0.39 is 0 Å². The number of benzene rings is 1. The van der Waals surface area contributed by atoms with Crippen LogP contribution in [0.4, 0.5) is 0 Å². The molecule has 0 aliphatic heterocycles. The molecule has 1 aromatic heterocycles. The predicted molar refractivity (Wildman–Crippen MR) is 77.9 cm³/mol. The van der Waals surface area contributed by atoms with E-state index in [0.29, 0.717) is 17.8 Å². The number of hydrogen-bond acceptors (Lipinski definition) is 2. The number of aromatic nitrogens is 1. The van der Waals surface area contributed by atoms with Crippen molar-refractivity contribution >= 4 is 22.5 Å². The zero-order valence-electron chi connectivity index (χ0n) is 10.9. The van der Waals surface area contributed by atoms with Crippen LogP contribution in [0.15, 0.2) is 36.5 Å². The largest absolute Gasteiger partial charge is 0.310 e. The lowest BCUT2D eigenvalue weighted by molar-refractivity contribution is 0.430. The van der Waals surface area contributed by atoms with Gasteiger partial charge in [-0.3, -0.25) is 4.98 Å². The molecule has 0 amide bonds. The van der Waals surface area contributed by atoms with Crippen LogP contribution in [0.2, 0.25) is 0 Å². The summed E-state index contributed by atoms with van der Waals surface area (Å²) in [6.07, 6.45) is 1.84. The minimum Gasteiger partial charge on any atom is -0.310 e. The van der Waals surface area contributed by atoms with Crippen molar-refractivity contribution in [3.8, 4) is 0 Å². The second kappa shape index (κ2) is 6.17. The molecule has 1 aromatic carbocycles. The molecule has 0 radical (unpaired) electrons. The zero-order chi connectivity index (χ0) is 13.0. The molecule has 2 rings (SSSR count). The number of nitrogens with zero attached hydrogens (tertiary/aromatic N) is 1. The van der Waals surface area contributed by atoms with Gasteiger partial charge in [-0.15, -0.1) is 11.6 Å². The molecule has 0 saturated carbocycles. The van der Waals surface area contributed by atoms with Gasteiger partial charge in [-0.1, -0.05) is 31.2 Å². The minimum atomic E-state index is 0.404. The highest BCUT2D eigenvalue weighted by Crippen LogP contribution is 2.16. The van der Waals surface area contributed by atoms with Crippen LogP contribution in [0.3, 0.4) is 0 Å². The zero-order valence-corrected chi connectivity index (χ0v) is 11.6. The quantitative estimate of drug-likeness (QED) is 0.833. The monoisotopic (exact) mass is 262 g/mol. The summed E-state index contributed by atoms with van der Waals surface area (Å²) in [6, 6.07) is 10.8. The fraction of sp³-hybridized carbons (Fsp3) is 0.400. The molecular formula is C15H19ClN2. The molecule has 2 unspecified atom stereocenters. The molecule has 0 fully saturated rings. The van der Waals surface area contributed by atoms with Gasteiger partial charge in [-0.2, -0.15) is 0 Å². The highest BCUT2D eigenvalue weighted by molar-refractivity contribution is 6.18. The Bertz CT molecular complexity index is 507. The second-order valence-corrected chi connectivity index (χ2v) is 5.10. The number of nitrogens with one attached hydrogen (secondary N) is 1. The van der Waals surface area contributed by atoms with E-state index in [9.17, 15) is 0 Å². The van der Waals surface area contributed by atoms with Crippen LogP contribution in [-0.4, -0.2) is 16.9 Å². The average molecular weight is 263 g/mol. The first-order valence-electron chi connectivity index (χ1n) is 6.34. The maximum absolute atomic E-state index is 5.87. The molecule has 0 aliphatic carbocycles. The number of pyridine rings is 1. The molecule has 2 aromatic rings. The van der Waals surface area contributed by atoms with Crippen molar-refractivity contribution < 1.29 is 0 Å². The third-order valence-electron chi connectivity index (χ3n) is 3.43. The Morgan fingerprint density at radius 2 is 2.00 bits per heavy atom. The molecule has 18 heavy (non-hydrogen) atoms. The molecule has 96 valence electrons. The fourth-order valence-corrected chi connectivity index (χ4v) is 2.18. The van der Waals surface area contributed by atoms with Crippen molar-refractivity contribution in [2.45, 2.75) is 26.4 Å². The van der Waals surface area contributed by atoms with E-state index in [-0.39, 0.29) is 0 Å². The summed E-state index contributed by atoms with van der Waals surface area (Å²) < 4.78 is 0. The van der Waals surface area contributed by atoms with Crippen LogP contribution < -0.4 is 5.32 Å². The third kappa shape index (κ3) is 3.01. The Labute approximate surface area is 113 Å². The van der Waals surface area contributed by atoms with E-state index in [2.05, 4.69) is 48.4 Å². The summed E-state index contributed by atoms with van der Waals surface area (Å²) >= 11 is 5.87. The van der Waals surface area contributed by atoms with Crippen LogP contribution in [0.1, 0.15) is 19.4 Å². The Morgan fingerprint density at radius 3 is 2.78 bits per heavy atom. The SMILES string of the molecule is CC(CCl)C(C)NCc1cccc2cccnc12. The first-order chi connectivity index (χ1) is 8.72. The number of fused-ring (bicyclic) bond motifs is 1. The molecule has 3 heteroatoms. The summed E-state index contributed by atoms with van der Waals surface area (Å²) in [5.74, 6) is 1.15. The molecule has 0 bridgehead atoms. The molecule has 2 atom stereocenters. The Balaban J connectivity index is 2.12. The van der Waals surface area contributed by atoms with Gasteiger partial charge in [0.25, 0.3) is 0 Å². The van der Waals surface area contributed by atoms with Crippen molar-refractivity contribution in [3.05, 3.63) is 42.1 Å². The van der Waals surface area contributed by atoms with Crippen molar-refractivity contribution in [2.24, 2.45) is 5.92 Å². The van der Waals surface area contributed by atoms with E-state index in [1.807, 2.05) is 12.3 Å². The normalized spacial score (nSPS) is 14.6. The summed E-state index contributed by atoms with van der Waals surface area (Å²) in [4.78, 5) is 4.46. The predicted octanol–water partition coefficient (Wildman–Crippen LogP) is 3.59. The maximum Gasteiger partial charge on any atom is 0.0746 e. The first kappa shape index (κ1) is 13.3. The summed E-state index contributed by atoms with van der Waals surface area (Å²) in [7, 11) is 0. The fourth-order valence-electron chi connectivity index (χ4n) is 1.92. The number of hydrogen-bond donors (Lipinski definition) is 1. The molecular weight excluding hydrogens is 244 g/mol. The summed E-state index contributed by atoms with van der Waals surface area (Å²) in [5, 5.41) is 4.71. The lowest BCUT2D eigenvalue weighted by Gasteiger charge is -2.19. The highest BCUT2D eigenvalue weighted by Gasteiger charge is 2.10. The highest BCUT2D eigenvalue weighted by atomic mass is 35.5. The van der Waals surface area contributed by atoms with Gasteiger partial charge in [-0.25, -0.2) is 0 Å². The van der Waals surface area contributed by atoms with Gasteiger partial charge in [0.15, 0.2) is 0 Å². The van der Waals surface area contributed by atoms with Gasteiger partial charge in [0.05, 0.1) is 5.52 Å². The molecule has 0 saturated heterocycles. The number of alkyl halides is 1. The van der Waals surface area contributed by atoms with E-state index >= 15 is 0 Å². The van der Waals surface area contributed by atoms with Gasteiger partial charge in [0, 0.05) is 30.0 Å². The summed E-state index contributed by atoms with van der Waals surface area (Å²) in [6.45, 7) is 5.16. The van der Waals surface area contributed by atoms with E-state index in [1.165, 1.54) is 10.9 Å². The van der Waals surface area contributed by atoms with Crippen LogP contribution >= 0.6 is 11.6 Å². The Morgan fingerprint density at radius 1 is 1.22 bits per heavy atom. The minimum absolute atomic E-state index is 0.404. The molecule has 0 aliphatic rings. The van der Waals surface area contributed by atoms with Crippen LogP contribution in [0, 0.1) is 5.92 Å². The average Bonchev–Trinajstić information content (AvgIpc) is 2.43. The van der Waals surface area contributed by atoms with Crippen molar-refractivity contribution in [2.75, 3.05) is 5.88 Å². The van der Waals surface area contributed by atoms with Crippen molar-refractivity contribution in [1.82, 2.24) is 10.3 Å². The van der Waals surface area contributed by atoms with Crippen LogP contribution in [0.25, 0.3) is 10.9 Å². The van der Waals surface area contributed by atoms with Gasteiger partial charge in [-0.05, 0) is 24.5 Å². The van der Waals surface area contributed by atoms with E-state index in [1.54, 1.807) is 0 Å². The van der Waals surface area contributed by atoms with Gasteiger partial charge < -0.3 is 5.32 Å². The molecule has 2 nitrogen and oxygen atoms in total. The van der Waals surface area contributed by atoms with Crippen molar-refractivity contribution in [3.63, 3.8) is 0 Å². The Hall–Kier alpha value is -1.12. The van der Waals surface area contributed by atoms with E-state index in [0.717, 1.165) is 12.1 Å². The smallest absolute Gasteiger partial charge is 0.0746 e. The lowest BCUT2D eigenvalue weighted by Crippen LogP contribution is -2.32. The summed E-state index contributed by atoms with van der Waals surface area (Å²) in [5.41, 5.74) is 2.32. The molecule has 1 heterocycles. The van der Waals surface area contributed by atoms with Gasteiger partial charge in [0.1, 0.15) is 0 Å². The topological polar surface area (TPSA) is 24.9 Å². The maximum atomic E-state index is 5.87. The molecule has 1 N–H and O–H groups in total. The number of para-hydroxylation sites is 1. The van der Waals surface area contributed by atoms with Crippen LogP contribution in [-0.2, 0) is 6.54 Å². The van der Waals surface area contributed by atoms with E-state index in [4.69, 9.17) is 11.6 Å². The number of halogens is 1. The first-order valence-corrected chi connectivity index (χ1v) is 6.88.